The number of hydrogen-bond donors (Lipinski definition) is 1. The minimum Gasteiger partial charge on any atom is -0.338 e. The van der Waals surface area contributed by atoms with Crippen LogP contribution in [-0.4, -0.2) is 29.8 Å². The van der Waals surface area contributed by atoms with Crippen LogP contribution in [0.4, 0.5) is 10.1 Å². The molecule has 5 heteroatoms. The molecular formula is C21H23FN2O2. The Morgan fingerprint density at radius 2 is 1.92 bits per heavy atom. The van der Waals surface area contributed by atoms with E-state index >= 15 is 0 Å². The number of carbonyl (C=O) groups is 2. The van der Waals surface area contributed by atoms with Gasteiger partial charge in [0.15, 0.2) is 0 Å². The van der Waals surface area contributed by atoms with Crippen LogP contribution in [0.1, 0.15) is 34.3 Å². The van der Waals surface area contributed by atoms with Crippen LogP contribution in [0.5, 0.6) is 0 Å². The van der Waals surface area contributed by atoms with Gasteiger partial charge in [0, 0.05) is 18.8 Å². The lowest BCUT2D eigenvalue weighted by Gasteiger charge is -2.32. The molecule has 1 fully saturated rings. The van der Waals surface area contributed by atoms with Crippen molar-refractivity contribution in [1.29, 1.82) is 0 Å². The number of aryl methyl sites for hydroxylation is 2. The van der Waals surface area contributed by atoms with E-state index in [2.05, 4.69) is 5.32 Å². The van der Waals surface area contributed by atoms with Gasteiger partial charge in [0.25, 0.3) is 5.91 Å². The summed E-state index contributed by atoms with van der Waals surface area (Å²) in [6.45, 7) is 4.81. The summed E-state index contributed by atoms with van der Waals surface area (Å²) in [5.41, 5.74) is 2.99. The molecule has 2 aromatic rings. The molecule has 1 aliphatic rings. The summed E-state index contributed by atoms with van der Waals surface area (Å²) in [4.78, 5) is 26.8. The SMILES string of the molecule is Cc1ccc(NC(=O)C2CCCN(C(=O)c3ccccc3F)C2)c(C)c1. The summed E-state index contributed by atoms with van der Waals surface area (Å²) in [5, 5.41) is 2.97. The average molecular weight is 354 g/mol. The molecule has 0 spiro atoms. The largest absolute Gasteiger partial charge is 0.338 e. The van der Waals surface area contributed by atoms with Crippen LogP contribution in [0.2, 0.25) is 0 Å². The lowest BCUT2D eigenvalue weighted by molar-refractivity contribution is -0.121. The van der Waals surface area contributed by atoms with Gasteiger partial charge >= 0.3 is 0 Å². The minimum atomic E-state index is -0.528. The second-order valence-corrected chi connectivity index (χ2v) is 6.88. The highest BCUT2D eigenvalue weighted by molar-refractivity contribution is 5.96. The Kier molecular flexibility index (Phi) is 5.35. The van der Waals surface area contributed by atoms with Gasteiger partial charge in [0.1, 0.15) is 5.82 Å². The lowest BCUT2D eigenvalue weighted by atomic mass is 9.96. The maximum atomic E-state index is 13.9. The van der Waals surface area contributed by atoms with Gasteiger partial charge in [-0.05, 0) is 50.5 Å². The fourth-order valence-corrected chi connectivity index (χ4v) is 3.37. The Morgan fingerprint density at radius 3 is 2.65 bits per heavy atom. The van der Waals surface area contributed by atoms with Gasteiger partial charge in [-0.2, -0.15) is 0 Å². The van der Waals surface area contributed by atoms with E-state index in [1.807, 2.05) is 32.0 Å². The fourth-order valence-electron chi connectivity index (χ4n) is 3.37. The van der Waals surface area contributed by atoms with E-state index in [9.17, 15) is 14.0 Å². The molecule has 1 saturated heterocycles. The maximum Gasteiger partial charge on any atom is 0.256 e. The second-order valence-electron chi connectivity index (χ2n) is 6.88. The molecule has 0 bridgehead atoms. The molecule has 1 atom stereocenters. The van der Waals surface area contributed by atoms with Gasteiger partial charge in [0.05, 0.1) is 11.5 Å². The molecule has 1 aliphatic heterocycles. The number of rotatable bonds is 3. The van der Waals surface area contributed by atoms with E-state index in [0.717, 1.165) is 29.7 Å². The highest BCUT2D eigenvalue weighted by Crippen LogP contribution is 2.23. The van der Waals surface area contributed by atoms with Gasteiger partial charge in [-0.3, -0.25) is 9.59 Å². The zero-order chi connectivity index (χ0) is 18.7. The van der Waals surface area contributed by atoms with Crippen molar-refractivity contribution in [3.8, 4) is 0 Å². The zero-order valence-electron chi connectivity index (χ0n) is 15.1. The van der Waals surface area contributed by atoms with Crippen molar-refractivity contribution in [3.63, 3.8) is 0 Å². The van der Waals surface area contributed by atoms with Crippen LogP contribution in [0.3, 0.4) is 0 Å². The van der Waals surface area contributed by atoms with E-state index in [4.69, 9.17) is 0 Å². The van der Waals surface area contributed by atoms with Crippen LogP contribution in [0, 0.1) is 25.6 Å². The van der Waals surface area contributed by atoms with Crippen LogP contribution < -0.4 is 5.32 Å². The molecule has 1 heterocycles. The van der Waals surface area contributed by atoms with E-state index < -0.39 is 5.82 Å². The van der Waals surface area contributed by atoms with Crippen molar-refractivity contribution in [2.45, 2.75) is 26.7 Å². The number of anilines is 1. The van der Waals surface area contributed by atoms with Gasteiger partial charge < -0.3 is 10.2 Å². The van der Waals surface area contributed by atoms with Crippen molar-refractivity contribution in [3.05, 3.63) is 65.0 Å². The number of nitrogens with zero attached hydrogens (tertiary/aromatic N) is 1. The predicted octanol–water partition coefficient (Wildman–Crippen LogP) is 3.93. The quantitative estimate of drug-likeness (QED) is 0.908. The summed E-state index contributed by atoms with van der Waals surface area (Å²) in [6.07, 6.45) is 1.45. The molecule has 0 aliphatic carbocycles. The number of halogens is 1. The summed E-state index contributed by atoms with van der Waals surface area (Å²) < 4.78 is 13.9. The molecule has 2 aromatic carbocycles. The summed E-state index contributed by atoms with van der Waals surface area (Å²) in [6, 6.07) is 11.8. The lowest BCUT2D eigenvalue weighted by Crippen LogP contribution is -2.44. The van der Waals surface area contributed by atoms with Crippen molar-refractivity contribution in [2.24, 2.45) is 5.92 Å². The molecule has 4 nitrogen and oxygen atoms in total. The van der Waals surface area contributed by atoms with Crippen molar-refractivity contribution >= 4 is 17.5 Å². The minimum absolute atomic E-state index is 0.0583. The van der Waals surface area contributed by atoms with Gasteiger partial charge in [-0.15, -0.1) is 0 Å². The Bertz CT molecular complexity index is 835. The predicted molar refractivity (Wildman–Crippen MR) is 99.6 cm³/mol. The summed E-state index contributed by atoms with van der Waals surface area (Å²) >= 11 is 0. The topological polar surface area (TPSA) is 49.4 Å². The third-order valence-corrected chi connectivity index (χ3v) is 4.82. The number of carbonyl (C=O) groups excluding carboxylic acids is 2. The maximum absolute atomic E-state index is 13.9. The smallest absolute Gasteiger partial charge is 0.256 e. The Hall–Kier alpha value is -2.69. The monoisotopic (exact) mass is 354 g/mol. The Morgan fingerprint density at radius 1 is 1.15 bits per heavy atom. The molecule has 1 N–H and O–H groups in total. The molecule has 1 unspecified atom stereocenters. The van der Waals surface area contributed by atoms with Crippen molar-refractivity contribution in [2.75, 3.05) is 18.4 Å². The molecule has 0 radical (unpaired) electrons. The first-order valence-corrected chi connectivity index (χ1v) is 8.87. The van der Waals surface area contributed by atoms with Crippen LogP contribution >= 0.6 is 0 Å². The van der Waals surface area contributed by atoms with Crippen molar-refractivity contribution < 1.29 is 14.0 Å². The molecule has 2 amide bonds. The van der Waals surface area contributed by atoms with Crippen LogP contribution in [0.15, 0.2) is 42.5 Å². The number of likely N-dealkylation sites (tertiary alicyclic amines) is 1. The zero-order valence-corrected chi connectivity index (χ0v) is 15.1. The van der Waals surface area contributed by atoms with Crippen LogP contribution in [-0.2, 0) is 4.79 Å². The Labute approximate surface area is 153 Å². The van der Waals surface area contributed by atoms with Gasteiger partial charge in [-0.1, -0.05) is 29.8 Å². The first kappa shape index (κ1) is 18.1. The van der Waals surface area contributed by atoms with Crippen molar-refractivity contribution in [1.82, 2.24) is 4.90 Å². The van der Waals surface area contributed by atoms with E-state index in [1.54, 1.807) is 17.0 Å². The summed E-state index contributed by atoms with van der Waals surface area (Å²) in [5.74, 6) is -1.27. The Balaban J connectivity index is 1.69. The molecule has 26 heavy (non-hydrogen) atoms. The average Bonchev–Trinajstić information content (AvgIpc) is 2.64. The molecule has 0 aromatic heterocycles. The standard InChI is InChI=1S/C21H23FN2O2/c1-14-9-10-19(15(2)12-14)23-20(25)16-6-5-11-24(13-16)21(26)17-7-3-4-8-18(17)22/h3-4,7-10,12,16H,5-6,11,13H2,1-2H3,(H,23,25). The van der Waals surface area contributed by atoms with Gasteiger partial charge in [0.2, 0.25) is 5.91 Å². The van der Waals surface area contributed by atoms with E-state index in [0.29, 0.717) is 13.1 Å². The first-order chi connectivity index (χ1) is 12.5. The van der Waals surface area contributed by atoms with Crippen LogP contribution in [0.25, 0.3) is 0 Å². The number of amides is 2. The molecule has 3 rings (SSSR count). The molecule has 136 valence electrons. The second kappa shape index (κ2) is 7.68. The number of hydrogen-bond acceptors (Lipinski definition) is 2. The van der Waals surface area contributed by atoms with E-state index in [1.165, 1.54) is 12.1 Å². The third-order valence-electron chi connectivity index (χ3n) is 4.82. The fraction of sp³-hybridized carbons (Fsp3) is 0.333. The number of nitrogens with one attached hydrogen (secondary N) is 1. The number of piperidine rings is 1. The van der Waals surface area contributed by atoms with Gasteiger partial charge in [-0.25, -0.2) is 4.39 Å². The summed E-state index contributed by atoms with van der Waals surface area (Å²) in [7, 11) is 0. The van der Waals surface area contributed by atoms with E-state index in [-0.39, 0.29) is 23.3 Å². The molecule has 0 saturated carbocycles. The highest BCUT2D eigenvalue weighted by Gasteiger charge is 2.30. The first-order valence-electron chi connectivity index (χ1n) is 8.87. The number of benzene rings is 2. The third kappa shape index (κ3) is 3.93. The molecular weight excluding hydrogens is 331 g/mol. The normalized spacial score (nSPS) is 17.0. The highest BCUT2D eigenvalue weighted by atomic mass is 19.1.